The number of nitrogens with one attached hydrogen (secondary N) is 1. The van der Waals surface area contributed by atoms with Gasteiger partial charge in [0.25, 0.3) is 0 Å². The first-order valence-corrected chi connectivity index (χ1v) is 7.58. The quantitative estimate of drug-likeness (QED) is 0.900. The van der Waals surface area contributed by atoms with Crippen molar-refractivity contribution >= 4 is 11.3 Å². The van der Waals surface area contributed by atoms with Gasteiger partial charge in [-0.3, -0.25) is 0 Å². The molecule has 0 aliphatic heterocycles. The van der Waals surface area contributed by atoms with Gasteiger partial charge >= 0.3 is 6.18 Å². The zero-order chi connectivity index (χ0) is 13.9. The van der Waals surface area contributed by atoms with Gasteiger partial charge < -0.3 is 5.32 Å². The SMILES string of the molecule is CCCNC1CCCC(c2cnc(C(F)(F)F)s2)C1. The molecule has 0 saturated heterocycles. The summed E-state index contributed by atoms with van der Waals surface area (Å²) in [6.45, 7) is 3.10. The Hall–Kier alpha value is -0.620. The molecule has 2 nitrogen and oxygen atoms in total. The van der Waals surface area contributed by atoms with Crippen molar-refractivity contribution in [3.05, 3.63) is 16.1 Å². The van der Waals surface area contributed by atoms with Crippen LogP contribution in [0, 0.1) is 0 Å². The molecule has 1 aliphatic carbocycles. The summed E-state index contributed by atoms with van der Waals surface area (Å²) in [7, 11) is 0. The highest BCUT2D eigenvalue weighted by Crippen LogP contribution is 2.39. The van der Waals surface area contributed by atoms with Crippen LogP contribution < -0.4 is 5.32 Å². The Kier molecular flexibility index (Phi) is 4.84. The summed E-state index contributed by atoms with van der Waals surface area (Å²) in [6, 6.07) is 0.440. The summed E-state index contributed by atoms with van der Waals surface area (Å²) in [4.78, 5) is 4.31. The summed E-state index contributed by atoms with van der Waals surface area (Å²) >= 11 is 0.808. The Morgan fingerprint density at radius 2 is 2.21 bits per heavy atom. The first-order valence-electron chi connectivity index (χ1n) is 6.77. The van der Waals surface area contributed by atoms with Crippen LogP contribution in [0.15, 0.2) is 6.20 Å². The Labute approximate surface area is 115 Å². The van der Waals surface area contributed by atoms with Gasteiger partial charge in [0.2, 0.25) is 0 Å². The number of thiazole rings is 1. The van der Waals surface area contributed by atoms with Crippen LogP contribution in [-0.2, 0) is 6.18 Å². The van der Waals surface area contributed by atoms with Crippen LogP contribution in [0.5, 0.6) is 0 Å². The Bertz CT molecular complexity index is 403. The Morgan fingerprint density at radius 3 is 2.84 bits per heavy atom. The van der Waals surface area contributed by atoms with E-state index in [1.807, 2.05) is 0 Å². The summed E-state index contributed by atoms with van der Waals surface area (Å²) in [5, 5.41) is 2.75. The molecule has 0 spiro atoms. The standard InChI is InChI=1S/C13H19F3N2S/c1-2-6-17-10-5-3-4-9(7-10)11-8-18-12(19-11)13(14,15)16/h8-10,17H,2-7H2,1H3. The fraction of sp³-hybridized carbons (Fsp3) is 0.769. The van der Waals surface area contributed by atoms with E-state index in [2.05, 4.69) is 17.2 Å². The van der Waals surface area contributed by atoms with Crippen molar-refractivity contribution in [2.24, 2.45) is 0 Å². The van der Waals surface area contributed by atoms with Crippen molar-refractivity contribution in [2.75, 3.05) is 6.54 Å². The minimum Gasteiger partial charge on any atom is -0.314 e. The lowest BCUT2D eigenvalue weighted by Crippen LogP contribution is -2.33. The molecular weight excluding hydrogens is 273 g/mol. The molecule has 19 heavy (non-hydrogen) atoms. The third kappa shape index (κ3) is 3.92. The molecule has 0 amide bonds. The van der Waals surface area contributed by atoms with Crippen LogP contribution in [0.3, 0.4) is 0 Å². The second-order valence-corrected chi connectivity index (χ2v) is 6.14. The number of halogens is 3. The highest BCUT2D eigenvalue weighted by Gasteiger charge is 2.35. The molecule has 1 N–H and O–H groups in total. The number of hydrogen-bond acceptors (Lipinski definition) is 3. The van der Waals surface area contributed by atoms with Gasteiger partial charge in [-0.2, -0.15) is 13.2 Å². The molecule has 2 rings (SSSR count). The molecule has 108 valence electrons. The average molecular weight is 292 g/mol. The van der Waals surface area contributed by atoms with Crippen molar-refractivity contribution in [2.45, 2.75) is 57.2 Å². The van der Waals surface area contributed by atoms with Gasteiger partial charge in [-0.1, -0.05) is 13.3 Å². The van der Waals surface area contributed by atoms with E-state index in [1.54, 1.807) is 0 Å². The topological polar surface area (TPSA) is 24.9 Å². The molecule has 0 radical (unpaired) electrons. The van der Waals surface area contributed by atoms with Crippen molar-refractivity contribution in [1.29, 1.82) is 0 Å². The van der Waals surface area contributed by atoms with Gasteiger partial charge in [0.1, 0.15) is 0 Å². The van der Waals surface area contributed by atoms with Crippen LogP contribution in [0.4, 0.5) is 13.2 Å². The second kappa shape index (κ2) is 6.22. The number of rotatable bonds is 4. The molecule has 1 saturated carbocycles. The van der Waals surface area contributed by atoms with E-state index < -0.39 is 11.2 Å². The molecule has 2 atom stereocenters. The third-order valence-corrected chi connectivity index (χ3v) is 4.73. The molecule has 0 bridgehead atoms. The smallest absolute Gasteiger partial charge is 0.314 e. The maximum Gasteiger partial charge on any atom is 0.443 e. The maximum atomic E-state index is 12.5. The molecule has 6 heteroatoms. The zero-order valence-electron chi connectivity index (χ0n) is 11.0. The van der Waals surface area contributed by atoms with E-state index >= 15 is 0 Å². The van der Waals surface area contributed by atoms with Gasteiger partial charge in [-0.25, -0.2) is 4.98 Å². The minimum atomic E-state index is -4.31. The van der Waals surface area contributed by atoms with Gasteiger partial charge in [0, 0.05) is 17.1 Å². The van der Waals surface area contributed by atoms with Crippen molar-refractivity contribution < 1.29 is 13.2 Å². The van der Waals surface area contributed by atoms with Crippen LogP contribution >= 0.6 is 11.3 Å². The summed E-state index contributed by atoms with van der Waals surface area (Å²) < 4.78 is 37.6. The minimum absolute atomic E-state index is 0.233. The van der Waals surface area contributed by atoms with Crippen LogP contribution in [-0.4, -0.2) is 17.6 Å². The van der Waals surface area contributed by atoms with Gasteiger partial charge in [0.05, 0.1) is 0 Å². The Morgan fingerprint density at radius 1 is 1.42 bits per heavy atom. The number of aromatic nitrogens is 1. The second-order valence-electron chi connectivity index (χ2n) is 5.08. The lowest BCUT2D eigenvalue weighted by atomic mass is 9.85. The molecule has 1 aromatic rings. The van der Waals surface area contributed by atoms with Crippen LogP contribution in [0.1, 0.15) is 54.8 Å². The predicted octanol–water partition coefficient (Wildman–Crippen LogP) is 4.19. The highest BCUT2D eigenvalue weighted by atomic mass is 32.1. The van der Waals surface area contributed by atoms with Gasteiger partial charge in [-0.15, -0.1) is 11.3 Å². The van der Waals surface area contributed by atoms with E-state index in [1.165, 1.54) is 6.20 Å². The summed E-state index contributed by atoms with van der Waals surface area (Å²) in [5.74, 6) is 0.233. The van der Waals surface area contributed by atoms with Crippen molar-refractivity contribution in [3.8, 4) is 0 Å². The van der Waals surface area contributed by atoms with Crippen LogP contribution in [0.25, 0.3) is 0 Å². The lowest BCUT2D eigenvalue weighted by Gasteiger charge is -2.29. The maximum absolute atomic E-state index is 12.5. The fourth-order valence-electron chi connectivity index (χ4n) is 2.59. The molecule has 2 unspecified atom stereocenters. The van der Waals surface area contributed by atoms with Gasteiger partial charge in [0.15, 0.2) is 5.01 Å². The summed E-state index contributed by atoms with van der Waals surface area (Å²) in [6.07, 6.45) is 2.30. The molecular formula is C13H19F3N2S. The van der Waals surface area contributed by atoms with E-state index in [-0.39, 0.29) is 5.92 Å². The van der Waals surface area contributed by atoms with Gasteiger partial charge in [-0.05, 0) is 38.1 Å². The lowest BCUT2D eigenvalue weighted by molar-refractivity contribution is -0.137. The predicted molar refractivity (Wildman–Crippen MR) is 70.4 cm³/mol. The Balaban J connectivity index is 1.99. The zero-order valence-corrected chi connectivity index (χ0v) is 11.8. The summed E-state index contributed by atoms with van der Waals surface area (Å²) in [5.41, 5.74) is 0. The number of alkyl halides is 3. The molecule has 0 aromatic carbocycles. The molecule has 1 heterocycles. The fourth-order valence-corrected chi connectivity index (χ4v) is 3.52. The first-order chi connectivity index (χ1) is 9.00. The van der Waals surface area contributed by atoms with Crippen molar-refractivity contribution in [3.63, 3.8) is 0 Å². The third-order valence-electron chi connectivity index (χ3n) is 3.53. The van der Waals surface area contributed by atoms with Crippen LogP contribution in [0.2, 0.25) is 0 Å². The van der Waals surface area contributed by atoms with E-state index in [9.17, 15) is 13.2 Å². The number of nitrogens with zero attached hydrogens (tertiary/aromatic N) is 1. The molecule has 1 aromatic heterocycles. The van der Waals surface area contributed by atoms with E-state index in [0.29, 0.717) is 6.04 Å². The van der Waals surface area contributed by atoms with E-state index in [4.69, 9.17) is 0 Å². The number of hydrogen-bond donors (Lipinski definition) is 1. The largest absolute Gasteiger partial charge is 0.443 e. The monoisotopic (exact) mass is 292 g/mol. The first kappa shape index (κ1) is 14.8. The average Bonchev–Trinajstić information content (AvgIpc) is 2.86. The van der Waals surface area contributed by atoms with Crippen molar-refractivity contribution in [1.82, 2.24) is 10.3 Å². The molecule has 1 fully saturated rings. The molecule has 1 aliphatic rings. The van der Waals surface area contributed by atoms with E-state index in [0.717, 1.165) is 54.9 Å². The normalized spacial score (nSPS) is 24.6. The highest BCUT2D eigenvalue weighted by molar-refractivity contribution is 7.11.